The van der Waals surface area contributed by atoms with Gasteiger partial charge in [-0.1, -0.05) is 133 Å². The summed E-state index contributed by atoms with van der Waals surface area (Å²) < 4.78 is 0. The summed E-state index contributed by atoms with van der Waals surface area (Å²) in [4.78, 5) is 0. The van der Waals surface area contributed by atoms with Crippen LogP contribution in [-0.2, 0) is 6.42 Å². The molecule has 196 valence electrons. The van der Waals surface area contributed by atoms with E-state index in [2.05, 4.69) is 146 Å². The van der Waals surface area contributed by atoms with E-state index in [4.69, 9.17) is 0 Å². The van der Waals surface area contributed by atoms with Gasteiger partial charge >= 0.3 is 0 Å². The Balaban J connectivity index is 0.00000276. The number of rotatable bonds is 3. The summed E-state index contributed by atoms with van der Waals surface area (Å²) >= 11 is 0. The maximum Gasteiger partial charge on any atom is -0.00259 e. The monoisotopic (exact) mass is 636 g/mol. The highest BCUT2D eigenvalue weighted by Gasteiger charge is 2.18. The van der Waals surface area contributed by atoms with E-state index in [1.54, 1.807) is 0 Å². The summed E-state index contributed by atoms with van der Waals surface area (Å²) in [5, 5.41) is 7.73. The third-order valence-corrected chi connectivity index (χ3v) is 8.48. The van der Waals surface area contributed by atoms with Crippen LogP contribution in [0.2, 0.25) is 0 Å². The molecular weight excluding hydrogens is 607 g/mol. The maximum absolute atomic E-state index is 2.43. The molecule has 0 aromatic heterocycles. The van der Waals surface area contributed by atoms with Crippen LogP contribution in [0.1, 0.15) is 17.5 Å². The van der Waals surface area contributed by atoms with Crippen LogP contribution in [0.4, 0.5) is 0 Å². The van der Waals surface area contributed by atoms with Crippen molar-refractivity contribution in [1.82, 2.24) is 0 Å². The third kappa shape index (κ3) is 4.45. The Morgan fingerprint density at radius 2 is 1.05 bits per heavy atom. The summed E-state index contributed by atoms with van der Waals surface area (Å²) in [7, 11) is 0. The van der Waals surface area contributed by atoms with Crippen molar-refractivity contribution in [2.24, 2.45) is 0 Å². The van der Waals surface area contributed by atoms with Crippen LogP contribution >= 0.6 is 24.0 Å². The highest BCUT2D eigenvalue weighted by molar-refractivity contribution is 14.0. The number of aryl methyl sites for hydroxylation is 1. The molecule has 0 aliphatic heterocycles. The lowest BCUT2D eigenvalue weighted by atomic mass is 9.83. The molecule has 0 atom stereocenters. The Hall–Kier alpha value is -4.21. The average Bonchev–Trinajstić information content (AvgIpc) is 3.03. The summed E-state index contributed by atoms with van der Waals surface area (Å²) in [6, 6.07) is 49.4. The zero-order chi connectivity index (χ0) is 26.5. The number of allylic oxidation sites excluding steroid dienone is 1. The van der Waals surface area contributed by atoms with Gasteiger partial charge in [-0.25, -0.2) is 0 Å². The smallest absolute Gasteiger partial charge is 0.00259 e. The summed E-state index contributed by atoms with van der Waals surface area (Å²) in [6.07, 6.45) is 6.77. The largest absolute Gasteiger partial charge is 0.107 e. The average molecular weight is 637 g/mol. The van der Waals surface area contributed by atoms with Crippen LogP contribution in [0.3, 0.4) is 0 Å². The second kappa shape index (κ2) is 10.6. The number of halogens is 1. The number of fused-ring (bicyclic) bond motifs is 4. The van der Waals surface area contributed by atoms with Crippen molar-refractivity contribution in [2.45, 2.75) is 12.8 Å². The van der Waals surface area contributed by atoms with Crippen molar-refractivity contribution in [3.8, 4) is 33.4 Å². The first kappa shape index (κ1) is 25.7. The summed E-state index contributed by atoms with van der Waals surface area (Å²) in [6.45, 7) is 0. The van der Waals surface area contributed by atoms with Gasteiger partial charge in [0.1, 0.15) is 0 Å². The molecule has 0 spiro atoms. The van der Waals surface area contributed by atoms with Crippen molar-refractivity contribution in [2.75, 3.05) is 0 Å². The van der Waals surface area contributed by atoms with Crippen LogP contribution in [0, 0.1) is 0 Å². The molecule has 0 bridgehead atoms. The van der Waals surface area contributed by atoms with Crippen molar-refractivity contribution >= 4 is 62.4 Å². The van der Waals surface area contributed by atoms with E-state index in [1.807, 2.05) is 0 Å². The fourth-order valence-electron chi connectivity index (χ4n) is 6.54. The Morgan fingerprint density at radius 1 is 0.415 bits per heavy atom. The van der Waals surface area contributed by atoms with Gasteiger partial charge in [-0.3, -0.25) is 0 Å². The lowest BCUT2D eigenvalue weighted by Gasteiger charge is -2.20. The Morgan fingerprint density at radius 3 is 1.88 bits per heavy atom. The van der Waals surface area contributed by atoms with Gasteiger partial charge in [-0.05, 0) is 102 Å². The second-order valence-electron chi connectivity index (χ2n) is 10.8. The van der Waals surface area contributed by atoms with Gasteiger partial charge in [0.05, 0.1) is 0 Å². The Bertz CT molecular complexity index is 2100. The third-order valence-electron chi connectivity index (χ3n) is 8.48. The van der Waals surface area contributed by atoms with E-state index < -0.39 is 0 Å². The van der Waals surface area contributed by atoms with E-state index in [0.717, 1.165) is 12.8 Å². The van der Waals surface area contributed by atoms with E-state index in [1.165, 1.54) is 76.8 Å². The molecule has 0 radical (unpaired) electrons. The van der Waals surface area contributed by atoms with Gasteiger partial charge in [-0.15, -0.1) is 24.0 Å². The molecule has 1 heteroatoms. The normalized spacial score (nSPS) is 12.4. The molecule has 1 aliphatic rings. The first-order chi connectivity index (χ1) is 19.8. The maximum atomic E-state index is 2.43. The molecule has 0 heterocycles. The standard InChI is InChI=1S/C40H28.HI/c1-2-10-27(11-3-1)32-22-23-37-38(26-32)40(34-21-19-29-13-5-7-15-31(29)25-34)36-17-9-8-16-35(36)39(37)33-20-18-28-12-4-6-14-30(28)24-33;/h1-5,7-13,15-26H,6,14H2;1H. The highest BCUT2D eigenvalue weighted by Crippen LogP contribution is 2.45. The molecule has 7 aromatic carbocycles. The number of hydrogen-bond donors (Lipinski definition) is 0. The minimum Gasteiger partial charge on any atom is -0.107 e. The molecule has 1 aliphatic carbocycles. The number of benzene rings is 7. The summed E-state index contributed by atoms with van der Waals surface area (Å²) in [5.74, 6) is 0. The van der Waals surface area contributed by atoms with E-state index >= 15 is 0 Å². The first-order valence-corrected chi connectivity index (χ1v) is 14.2. The lowest BCUT2D eigenvalue weighted by Crippen LogP contribution is -1.96. The Labute approximate surface area is 258 Å². The van der Waals surface area contributed by atoms with Crippen molar-refractivity contribution in [3.05, 3.63) is 151 Å². The van der Waals surface area contributed by atoms with E-state index in [0.29, 0.717) is 0 Å². The SMILES string of the molecule is C1=Cc2ccc(-c3c4ccccc4c(-c4ccc5ccccc5c4)c4cc(-c5ccccc5)ccc34)cc2CC1.I. The molecule has 0 saturated heterocycles. The molecule has 0 amide bonds. The van der Waals surface area contributed by atoms with Gasteiger partial charge in [0.25, 0.3) is 0 Å². The van der Waals surface area contributed by atoms with Gasteiger partial charge in [0.2, 0.25) is 0 Å². The topological polar surface area (TPSA) is 0 Å². The van der Waals surface area contributed by atoms with Crippen LogP contribution in [0.25, 0.3) is 71.8 Å². The number of hydrogen-bond acceptors (Lipinski definition) is 0. The molecule has 0 nitrogen and oxygen atoms in total. The van der Waals surface area contributed by atoms with Gasteiger partial charge < -0.3 is 0 Å². The minimum atomic E-state index is 0. The van der Waals surface area contributed by atoms with Gasteiger partial charge in [0.15, 0.2) is 0 Å². The molecule has 0 fully saturated rings. The van der Waals surface area contributed by atoms with E-state index in [9.17, 15) is 0 Å². The van der Waals surface area contributed by atoms with Crippen LogP contribution in [0.15, 0.2) is 140 Å². The van der Waals surface area contributed by atoms with Crippen molar-refractivity contribution in [3.63, 3.8) is 0 Å². The van der Waals surface area contributed by atoms with Crippen LogP contribution < -0.4 is 0 Å². The molecule has 7 aromatic rings. The molecule has 8 rings (SSSR count). The van der Waals surface area contributed by atoms with Crippen LogP contribution in [-0.4, -0.2) is 0 Å². The molecular formula is C40H29I. The van der Waals surface area contributed by atoms with Gasteiger partial charge in [0, 0.05) is 0 Å². The molecule has 0 saturated carbocycles. The molecule has 0 N–H and O–H groups in total. The zero-order valence-electron chi connectivity index (χ0n) is 22.7. The zero-order valence-corrected chi connectivity index (χ0v) is 25.0. The predicted molar refractivity (Wildman–Crippen MR) is 188 cm³/mol. The lowest BCUT2D eigenvalue weighted by molar-refractivity contribution is 0.986. The molecule has 0 unspecified atom stereocenters. The van der Waals surface area contributed by atoms with Crippen molar-refractivity contribution < 1.29 is 0 Å². The fraction of sp³-hybridized carbons (Fsp3) is 0.0500. The predicted octanol–water partition coefficient (Wildman–Crippen LogP) is 11.7. The first-order valence-electron chi connectivity index (χ1n) is 14.2. The quantitative estimate of drug-likeness (QED) is 0.134. The van der Waals surface area contributed by atoms with Crippen molar-refractivity contribution in [1.29, 1.82) is 0 Å². The fourth-order valence-corrected chi connectivity index (χ4v) is 6.54. The summed E-state index contributed by atoms with van der Waals surface area (Å²) in [5.41, 5.74) is 10.5. The van der Waals surface area contributed by atoms with Gasteiger partial charge in [-0.2, -0.15) is 0 Å². The van der Waals surface area contributed by atoms with E-state index in [-0.39, 0.29) is 24.0 Å². The minimum absolute atomic E-state index is 0. The van der Waals surface area contributed by atoms with Crippen LogP contribution in [0.5, 0.6) is 0 Å². The molecule has 41 heavy (non-hydrogen) atoms. The second-order valence-corrected chi connectivity index (χ2v) is 10.8. The Kier molecular flexibility index (Phi) is 6.68. The highest BCUT2D eigenvalue weighted by atomic mass is 127.